The molecule has 3 rings (SSSR count). The molecule has 98 valence electrons. The fourth-order valence-corrected chi connectivity index (χ4v) is 2.22. The predicted octanol–water partition coefficient (Wildman–Crippen LogP) is 3.20. The molecule has 0 saturated heterocycles. The molecule has 0 bridgehead atoms. The van der Waals surface area contributed by atoms with Crippen molar-refractivity contribution in [1.82, 2.24) is 9.97 Å². The second-order valence-electron chi connectivity index (χ2n) is 5.11. The molecule has 1 aliphatic carbocycles. The monoisotopic (exact) mass is 257 g/mol. The highest BCUT2D eigenvalue weighted by Crippen LogP contribution is 2.42. The fourth-order valence-electron chi connectivity index (χ4n) is 2.22. The Morgan fingerprint density at radius 2 is 2.16 bits per heavy atom. The molecule has 2 aromatic rings. The third kappa shape index (κ3) is 2.57. The molecule has 3 nitrogen and oxygen atoms in total. The van der Waals surface area contributed by atoms with Crippen molar-refractivity contribution in [2.75, 3.05) is 5.32 Å². The summed E-state index contributed by atoms with van der Waals surface area (Å²) >= 11 is 0. The van der Waals surface area contributed by atoms with Gasteiger partial charge in [0.2, 0.25) is 5.95 Å². The standard InChI is InChI=1S/C15H16FN3/c1-9-8-17-15(18-10(9)2)19-14-7-13(14)11-4-3-5-12(16)6-11/h3-6,8,13-14H,7H2,1-2H3,(H,17,18,19)/t13-,14+/m0/s1. The summed E-state index contributed by atoms with van der Waals surface area (Å²) in [6.07, 6.45) is 2.82. The minimum Gasteiger partial charge on any atom is -0.351 e. The van der Waals surface area contributed by atoms with E-state index in [9.17, 15) is 4.39 Å². The molecule has 1 saturated carbocycles. The van der Waals surface area contributed by atoms with Crippen LogP contribution in [0.2, 0.25) is 0 Å². The van der Waals surface area contributed by atoms with E-state index in [1.807, 2.05) is 26.1 Å². The van der Waals surface area contributed by atoms with Gasteiger partial charge in [-0.25, -0.2) is 14.4 Å². The topological polar surface area (TPSA) is 37.8 Å². The lowest BCUT2D eigenvalue weighted by molar-refractivity contribution is 0.625. The molecule has 0 radical (unpaired) electrons. The second-order valence-corrected chi connectivity index (χ2v) is 5.11. The maximum atomic E-state index is 13.2. The molecule has 0 unspecified atom stereocenters. The lowest BCUT2D eigenvalue weighted by Crippen LogP contribution is -2.08. The van der Waals surface area contributed by atoms with Gasteiger partial charge in [0.25, 0.3) is 0 Å². The van der Waals surface area contributed by atoms with Gasteiger partial charge in [0, 0.05) is 23.9 Å². The number of aryl methyl sites for hydroxylation is 2. The summed E-state index contributed by atoms with van der Waals surface area (Å²) in [6.45, 7) is 3.96. The summed E-state index contributed by atoms with van der Waals surface area (Å²) < 4.78 is 13.2. The van der Waals surface area contributed by atoms with Crippen LogP contribution in [0.15, 0.2) is 30.5 Å². The summed E-state index contributed by atoms with van der Waals surface area (Å²) in [5.74, 6) is 0.846. The summed E-state index contributed by atoms with van der Waals surface area (Å²) in [6, 6.07) is 7.11. The van der Waals surface area contributed by atoms with Crippen LogP contribution >= 0.6 is 0 Å². The van der Waals surface area contributed by atoms with Gasteiger partial charge in [-0.3, -0.25) is 0 Å². The molecular weight excluding hydrogens is 241 g/mol. The minimum absolute atomic E-state index is 0.175. The van der Waals surface area contributed by atoms with Crippen LogP contribution in [0.4, 0.5) is 10.3 Å². The molecule has 4 heteroatoms. The van der Waals surface area contributed by atoms with E-state index in [1.54, 1.807) is 12.1 Å². The Bertz CT molecular complexity index is 612. The predicted molar refractivity (Wildman–Crippen MR) is 72.7 cm³/mol. The molecule has 0 aliphatic heterocycles. The Hall–Kier alpha value is -1.97. The van der Waals surface area contributed by atoms with Crippen molar-refractivity contribution in [2.45, 2.75) is 32.2 Å². The lowest BCUT2D eigenvalue weighted by atomic mass is 10.1. The average Bonchev–Trinajstić information content (AvgIpc) is 3.13. The van der Waals surface area contributed by atoms with Crippen molar-refractivity contribution < 1.29 is 4.39 Å². The SMILES string of the molecule is Cc1cnc(N[C@@H]2C[C@H]2c2cccc(F)c2)nc1C. The first-order valence-electron chi connectivity index (χ1n) is 6.46. The van der Waals surface area contributed by atoms with Gasteiger partial charge in [-0.05, 0) is 43.5 Å². The molecule has 1 fully saturated rings. The summed E-state index contributed by atoms with van der Waals surface area (Å²) in [5.41, 5.74) is 3.12. The number of hydrogen-bond donors (Lipinski definition) is 1. The first-order valence-corrected chi connectivity index (χ1v) is 6.46. The Balaban J connectivity index is 1.69. The number of halogens is 1. The first kappa shape index (κ1) is 12.1. The van der Waals surface area contributed by atoms with E-state index in [0.29, 0.717) is 17.9 Å². The highest BCUT2D eigenvalue weighted by atomic mass is 19.1. The molecule has 1 heterocycles. The highest BCUT2D eigenvalue weighted by Gasteiger charge is 2.39. The lowest BCUT2D eigenvalue weighted by Gasteiger charge is -2.06. The Labute approximate surface area is 111 Å². The molecule has 1 aromatic heterocycles. The van der Waals surface area contributed by atoms with E-state index in [1.165, 1.54) is 6.07 Å². The van der Waals surface area contributed by atoms with Crippen LogP contribution in [0.1, 0.15) is 29.2 Å². The first-order chi connectivity index (χ1) is 9.13. The molecule has 1 N–H and O–H groups in total. The van der Waals surface area contributed by atoms with Gasteiger partial charge >= 0.3 is 0 Å². The van der Waals surface area contributed by atoms with Crippen LogP contribution in [-0.4, -0.2) is 16.0 Å². The van der Waals surface area contributed by atoms with Crippen molar-refractivity contribution in [2.24, 2.45) is 0 Å². The van der Waals surface area contributed by atoms with E-state index in [2.05, 4.69) is 15.3 Å². The van der Waals surface area contributed by atoms with Gasteiger partial charge in [0.1, 0.15) is 5.82 Å². The van der Waals surface area contributed by atoms with Gasteiger partial charge < -0.3 is 5.32 Å². The van der Waals surface area contributed by atoms with Crippen LogP contribution in [0.3, 0.4) is 0 Å². The van der Waals surface area contributed by atoms with Gasteiger partial charge in [-0.1, -0.05) is 12.1 Å². The number of anilines is 1. The van der Waals surface area contributed by atoms with Crippen LogP contribution in [0.25, 0.3) is 0 Å². The molecule has 0 amide bonds. The molecule has 1 aliphatic rings. The van der Waals surface area contributed by atoms with Crippen molar-refractivity contribution in [3.05, 3.63) is 53.1 Å². The number of hydrogen-bond acceptors (Lipinski definition) is 3. The Morgan fingerprint density at radius 3 is 2.89 bits per heavy atom. The van der Waals surface area contributed by atoms with Gasteiger partial charge in [-0.2, -0.15) is 0 Å². The van der Waals surface area contributed by atoms with E-state index in [-0.39, 0.29) is 5.82 Å². The number of nitrogens with one attached hydrogen (secondary N) is 1. The van der Waals surface area contributed by atoms with Crippen molar-refractivity contribution >= 4 is 5.95 Å². The van der Waals surface area contributed by atoms with Crippen LogP contribution < -0.4 is 5.32 Å². The molecular formula is C15H16FN3. The molecule has 2 atom stereocenters. The molecule has 0 spiro atoms. The zero-order chi connectivity index (χ0) is 13.4. The van der Waals surface area contributed by atoms with Gasteiger partial charge in [-0.15, -0.1) is 0 Å². The third-order valence-corrected chi connectivity index (χ3v) is 3.61. The minimum atomic E-state index is -0.175. The molecule has 1 aromatic carbocycles. The van der Waals surface area contributed by atoms with E-state index in [4.69, 9.17) is 0 Å². The maximum absolute atomic E-state index is 13.2. The van der Waals surface area contributed by atoms with Gasteiger partial charge in [0.05, 0.1) is 0 Å². The van der Waals surface area contributed by atoms with Crippen molar-refractivity contribution in [3.8, 4) is 0 Å². The zero-order valence-corrected chi connectivity index (χ0v) is 11.0. The number of rotatable bonds is 3. The Morgan fingerprint density at radius 1 is 1.32 bits per heavy atom. The van der Waals surface area contributed by atoms with Crippen LogP contribution in [0, 0.1) is 19.7 Å². The normalized spacial score (nSPS) is 21.2. The number of aromatic nitrogens is 2. The quantitative estimate of drug-likeness (QED) is 0.917. The van der Waals surface area contributed by atoms with E-state index >= 15 is 0 Å². The highest BCUT2D eigenvalue weighted by molar-refractivity contribution is 5.38. The van der Waals surface area contributed by atoms with Crippen molar-refractivity contribution in [3.63, 3.8) is 0 Å². The van der Waals surface area contributed by atoms with E-state index < -0.39 is 0 Å². The van der Waals surface area contributed by atoms with E-state index in [0.717, 1.165) is 23.2 Å². The summed E-state index contributed by atoms with van der Waals surface area (Å²) in [7, 11) is 0. The number of benzene rings is 1. The summed E-state index contributed by atoms with van der Waals surface area (Å²) in [5, 5.41) is 3.31. The van der Waals surface area contributed by atoms with Crippen LogP contribution in [-0.2, 0) is 0 Å². The summed E-state index contributed by atoms with van der Waals surface area (Å²) in [4.78, 5) is 8.67. The Kier molecular flexibility index (Phi) is 2.93. The maximum Gasteiger partial charge on any atom is 0.223 e. The average molecular weight is 257 g/mol. The second kappa shape index (κ2) is 4.61. The van der Waals surface area contributed by atoms with Gasteiger partial charge in [0.15, 0.2) is 0 Å². The number of nitrogens with zero attached hydrogens (tertiary/aromatic N) is 2. The van der Waals surface area contributed by atoms with Crippen molar-refractivity contribution in [1.29, 1.82) is 0 Å². The third-order valence-electron chi connectivity index (χ3n) is 3.61. The van der Waals surface area contributed by atoms with Crippen LogP contribution in [0.5, 0.6) is 0 Å². The molecule has 19 heavy (non-hydrogen) atoms. The smallest absolute Gasteiger partial charge is 0.223 e. The fraction of sp³-hybridized carbons (Fsp3) is 0.333. The zero-order valence-electron chi connectivity index (χ0n) is 11.0. The largest absolute Gasteiger partial charge is 0.351 e.